The molecule has 7 heteroatoms. The maximum absolute atomic E-state index is 13.1. The molecule has 0 aliphatic carbocycles. The lowest BCUT2D eigenvalue weighted by molar-refractivity contribution is 0.0742. The predicted octanol–water partition coefficient (Wildman–Crippen LogP) is 3.63. The number of carbonyl (C=O) groups excluding carboxylic acids is 1. The molecule has 1 atom stereocenters. The smallest absolute Gasteiger partial charge is 0.295 e. The molecular formula is C21H21ClN4O2. The lowest BCUT2D eigenvalue weighted by Gasteiger charge is -2.19. The number of nitrogens with zero attached hydrogens (tertiary/aromatic N) is 4. The van der Waals surface area contributed by atoms with E-state index in [1.807, 2.05) is 30.0 Å². The fraction of sp³-hybridized carbons (Fsp3) is 0.286. The van der Waals surface area contributed by atoms with Gasteiger partial charge in [-0.15, -0.1) is 6.58 Å². The van der Waals surface area contributed by atoms with E-state index in [9.17, 15) is 9.59 Å². The van der Waals surface area contributed by atoms with Crippen molar-refractivity contribution in [1.29, 1.82) is 0 Å². The Hall–Kier alpha value is -2.86. The quantitative estimate of drug-likeness (QED) is 0.633. The molecule has 1 fully saturated rings. The van der Waals surface area contributed by atoms with Gasteiger partial charge in [-0.3, -0.25) is 18.6 Å². The summed E-state index contributed by atoms with van der Waals surface area (Å²) >= 11 is 6.37. The molecule has 6 nitrogen and oxygen atoms in total. The number of aromatic nitrogens is 3. The SMILES string of the molecule is C=CCn1c(-c2ccccc2Cl)cn2cc(C(=O)N3CCC[C@H]3C)nc2c1=O. The highest BCUT2D eigenvalue weighted by molar-refractivity contribution is 6.33. The zero-order valence-electron chi connectivity index (χ0n) is 15.6. The fourth-order valence-electron chi connectivity index (χ4n) is 3.76. The Morgan fingerprint density at radius 2 is 2.14 bits per heavy atom. The molecule has 144 valence electrons. The first-order valence-electron chi connectivity index (χ1n) is 9.30. The van der Waals surface area contributed by atoms with Gasteiger partial charge in [-0.1, -0.05) is 35.9 Å². The Labute approximate surface area is 167 Å². The number of hydrogen-bond donors (Lipinski definition) is 0. The Bertz CT molecular complexity index is 1130. The lowest BCUT2D eigenvalue weighted by atomic mass is 10.1. The van der Waals surface area contributed by atoms with E-state index in [2.05, 4.69) is 11.6 Å². The van der Waals surface area contributed by atoms with E-state index in [0.717, 1.165) is 24.9 Å². The molecule has 0 unspecified atom stereocenters. The number of likely N-dealkylation sites (tertiary alicyclic amines) is 1. The predicted molar refractivity (Wildman–Crippen MR) is 110 cm³/mol. The average Bonchev–Trinajstić information content (AvgIpc) is 3.30. The van der Waals surface area contributed by atoms with Crippen LogP contribution < -0.4 is 5.56 Å². The molecule has 3 aromatic rings. The van der Waals surface area contributed by atoms with Crippen molar-refractivity contribution in [2.24, 2.45) is 0 Å². The van der Waals surface area contributed by atoms with Gasteiger partial charge in [0.15, 0.2) is 0 Å². The highest BCUT2D eigenvalue weighted by Gasteiger charge is 2.28. The summed E-state index contributed by atoms with van der Waals surface area (Å²) < 4.78 is 3.19. The third kappa shape index (κ3) is 3.03. The number of imidazole rings is 1. The van der Waals surface area contributed by atoms with Crippen molar-refractivity contribution in [1.82, 2.24) is 18.9 Å². The molecule has 0 N–H and O–H groups in total. The van der Waals surface area contributed by atoms with Gasteiger partial charge in [-0.25, -0.2) is 4.98 Å². The summed E-state index contributed by atoms with van der Waals surface area (Å²) in [7, 11) is 0. The zero-order valence-corrected chi connectivity index (χ0v) is 16.4. The second-order valence-electron chi connectivity index (χ2n) is 7.05. The summed E-state index contributed by atoms with van der Waals surface area (Å²) in [5.74, 6) is -0.136. The van der Waals surface area contributed by atoms with E-state index in [4.69, 9.17) is 11.6 Å². The van der Waals surface area contributed by atoms with Gasteiger partial charge in [-0.05, 0) is 25.8 Å². The van der Waals surface area contributed by atoms with Gasteiger partial charge < -0.3 is 4.90 Å². The van der Waals surface area contributed by atoms with Gasteiger partial charge in [0.25, 0.3) is 11.5 Å². The van der Waals surface area contributed by atoms with Crippen LogP contribution in [0.2, 0.25) is 5.02 Å². The standard InChI is InChI=1S/C21H21ClN4O2/c1-3-10-26-18(15-8-4-5-9-16(15)22)13-24-12-17(23-19(24)21(26)28)20(27)25-11-6-7-14(25)2/h3-5,8-9,12-14H,1,6-7,10-11H2,2H3/t14-/m1/s1. The van der Waals surface area contributed by atoms with Crippen LogP contribution in [0.1, 0.15) is 30.3 Å². The highest BCUT2D eigenvalue weighted by Crippen LogP contribution is 2.27. The number of rotatable bonds is 4. The van der Waals surface area contributed by atoms with Gasteiger partial charge in [0.05, 0.1) is 5.69 Å². The number of carbonyl (C=O) groups is 1. The zero-order chi connectivity index (χ0) is 19.8. The summed E-state index contributed by atoms with van der Waals surface area (Å²) in [6, 6.07) is 7.53. The maximum Gasteiger partial charge on any atom is 0.295 e. The second kappa shape index (κ2) is 7.28. The van der Waals surface area contributed by atoms with E-state index >= 15 is 0 Å². The van der Waals surface area contributed by atoms with Crippen LogP contribution in [0.5, 0.6) is 0 Å². The molecule has 0 spiro atoms. The van der Waals surface area contributed by atoms with Crippen LogP contribution in [-0.2, 0) is 6.54 Å². The molecule has 0 bridgehead atoms. The molecule has 1 amide bonds. The third-order valence-corrected chi connectivity index (χ3v) is 5.54. The summed E-state index contributed by atoms with van der Waals surface area (Å²) in [4.78, 5) is 32.2. The number of benzene rings is 1. The molecular weight excluding hydrogens is 376 g/mol. The molecule has 0 radical (unpaired) electrons. The molecule has 3 heterocycles. The number of halogens is 1. The van der Waals surface area contributed by atoms with Crippen molar-refractivity contribution in [3.8, 4) is 11.3 Å². The Morgan fingerprint density at radius 1 is 1.36 bits per heavy atom. The largest absolute Gasteiger partial charge is 0.335 e. The molecule has 1 aromatic carbocycles. The van der Waals surface area contributed by atoms with Crippen molar-refractivity contribution in [2.45, 2.75) is 32.4 Å². The van der Waals surface area contributed by atoms with Gasteiger partial charge in [0.1, 0.15) is 5.69 Å². The lowest BCUT2D eigenvalue weighted by Crippen LogP contribution is -2.33. The van der Waals surface area contributed by atoms with Gasteiger partial charge in [0, 0.05) is 42.1 Å². The van der Waals surface area contributed by atoms with E-state index in [1.165, 1.54) is 0 Å². The molecule has 2 aromatic heterocycles. The third-order valence-electron chi connectivity index (χ3n) is 5.22. The van der Waals surface area contributed by atoms with Crippen molar-refractivity contribution < 1.29 is 4.79 Å². The Balaban J connectivity index is 1.89. The van der Waals surface area contributed by atoms with Crippen LogP contribution in [0.3, 0.4) is 0 Å². The number of amides is 1. The topological polar surface area (TPSA) is 59.6 Å². The van der Waals surface area contributed by atoms with Crippen molar-refractivity contribution >= 4 is 23.2 Å². The number of hydrogen-bond acceptors (Lipinski definition) is 3. The molecule has 4 rings (SSSR count). The average molecular weight is 397 g/mol. The van der Waals surface area contributed by atoms with Gasteiger partial charge >= 0.3 is 0 Å². The normalized spacial score (nSPS) is 16.6. The summed E-state index contributed by atoms with van der Waals surface area (Å²) in [6.07, 6.45) is 7.05. The van der Waals surface area contributed by atoms with Crippen LogP contribution in [0, 0.1) is 0 Å². The van der Waals surface area contributed by atoms with E-state index in [1.54, 1.807) is 33.5 Å². The van der Waals surface area contributed by atoms with E-state index < -0.39 is 0 Å². The first-order chi connectivity index (χ1) is 13.5. The molecule has 0 saturated carbocycles. The van der Waals surface area contributed by atoms with Crippen LogP contribution in [0.25, 0.3) is 16.9 Å². The van der Waals surface area contributed by atoms with Crippen molar-refractivity contribution in [2.75, 3.05) is 6.54 Å². The summed E-state index contributed by atoms with van der Waals surface area (Å²) in [5, 5.41) is 0.543. The highest BCUT2D eigenvalue weighted by atomic mass is 35.5. The van der Waals surface area contributed by atoms with E-state index in [0.29, 0.717) is 17.3 Å². The molecule has 1 aliphatic rings. The monoisotopic (exact) mass is 396 g/mol. The summed E-state index contributed by atoms with van der Waals surface area (Å²) in [5.41, 5.74) is 1.60. The van der Waals surface area contributed by atoms with Crippen molar-refractivity contribution in [3.05, 3.63) is 70.4 Å². The van der Waals surface area contributed by atoms with Gasteiger partial charge in [-0.2, -0.15) is 0 Å². The Kier molecular flexibility index (Phi) is 4.81. The van der Waals surface area contributed by atoms with Crippen LogP contribution >= 0.6 is 11.6 Å². The van der Waals surface area contributed by atoms with Crippen LogP contribution in [0.4, 0.5) is 0 Å². The first kappa shape index (κ1) is 18.5. The minimum absolute atomic E-state index is 0.136. The number of allylic oxidation sites excluding steroid dienone is 1. The molecule has 28 heavy (non-hydrogen) atoms. The molecule has 1 aliphatic heterocycles. The minimum Gasteiger partial charge on any atom is -0.335 e. The number of fused-ring (bicyclic) bond motifs is 1. The van der Waals surface area contributed by atoms with E-state index in [-0.39, 0.29) is 28.8 Å². The second-order valence-corrected chi connectivity index (χ2v) is 7.45. The molecule has 1 saturated heterocycles. The Morgan fingerprint density at radius 3 is 2.82 bits per heavy atom. The van der Waals surface area contributed by atoms with Crippen LogP contribution in [0.15, 0.2) is 54.1 Å². The first-order valence-corrected chi connectivity index (χ1v) is 9.68. The van der Waals surface area contributed by atoms with Crippen LogP contribution in [-0.4, -0.2) is 37.3 Å². The fourth-order valence-corrected chi connectivity index (χ4v) is 3.99. The maximum atomic E-state index is 13.1. The minimum atomic E-state index is -0.286. The van der Waals surface area contributed by atoms with Crippen molar-refractivity contribution in [3.63, 3.8) is 0 Å². The van der Waals surface area contributed by atoms with Gasteiger partial charge in [0.2, 0.25) is 5.65 Å². The summed E-state index contributed by atoms with van der Waals surface area (Å²) in [6.45, 7) is 6.82.